The van der Waals surface area contributed by atoms with Gasteiger partial charge in [-0.3, -0.25) is 13.8 Å². The third-order valence-electron chi connectivity index (χ3n) is 3.83. The first-order valence-electron chi connectivity index (χ1n) is 5.84. The molecule has 5 unspecified atom stereocenters. The van der Waals surface area contributed by atoms with Gasteiger partial charge in [0.2, 0.25) is 5.91 Å². The Morgan fingerprint density at radius 2 is 1.94 bits per heavy atom. The van der Waals surface area contributed by atoms with E-state index in [1.165, 1.54) is 0 Å². The quantitative estimate of drug-likeness (QED) is 0.762. The number of rotatable bonds is 2. The van der Waals surface area contributed by atoms with E-state index in [0.717, 1.165) is 0 Å². The van der Waals surface area contributed by atoms with E-state index in [-0.39, 0.29) is 23.1 Å². The van der Waals surface area contributed by atoms with Gasteiger partial charge in [0, 0.05) is 29.1 Å². The predicted octanol–water partition coefficient (Wildman–Crippen LogP) is 0.0750. The molecule has 2 aliphatic rings. The zero-order valence-electron chi connectivity index (χ0n) is 9.96. The van der Waals surface area contributed by atoms with Crippen LogP contribution in [0.2, 0.25) is 0 Å². The number of carboxylic acids is 1. The summed E-state index contributed by atoms with van der Waals surface area (Å²) in [4.78, 5) is 24.5. The zero-order valence-corrected chi connectivity index (χ0v) is 10.8. The minimum absolute atomic E-state index is 0.0327. The second-order valence-electron chi connectivity index (χ2n) is 4.85. The Labute approximate surface area is 103 Å². The van der Waals surface area contributed by atoms with Gasteiger partial charge in [0.15, 0.2) is 0 Å². The Morgan fingerprint density at radius 1 is 1.29 bits per heavy atom. The molecular formula is C11H17NO4S. The first kappa shape index (κ1) is 12.5. The van der Waals surface area contributed by atoms with Crippen LogP contribution in [0, 0.1) is 11.8 Å². The van der Waals surface area contributed by atoms with Gasteiger partial charge < -0.3 is 10.0 Å². The summed E-state index contributed by atoms with van der Waals surface area (Å²) in [7, 11) is -0.873. The molecule has 0 aromatic carbocycles. The molecule has 5 nitrogen and oxygen atoms in total. The molecule has 6 heteroatoms. The molecule has 1 amide bonds. The second-order valence-corrected chi connectivity index (χ2v) is 6.76. The summed E-state index contributed by atoms with van der Waals surface area (Å²) in [6, 6.07) is -0.0628. The fourth-order valence-electron chi connectivity index (χ4n) is 2.32. The van der Waals surface area contributed by atoms with Crippen LogP contribution >= 0.6 is 0 Å². The van der Waals surface area contributed by atoms with E-state index >= 15 is 0 Å². The van der Waals surface area contributed by atoms with Crippen LogP contribution in [0.4, 0.5) is 0 Å². The van der Waals surface area contributed by atoms with Gasteiger partial charge in [0.1, 0.15) is 0 Å². The number of aliphatic carboxylic acids is 1. The molecule has 0 spiro atoms. The van der Waals surface area contributed by atoms with E-state index in [0.29, 0.717) is 18.7 Å². The minimum atomic E-state index is -0.885. The largest absolute Gasteiger partial charge is 0.481 e. The van der Waals surface area contributed by atoms with Crippen molar-refractivity contribution in [2.24, 2.45) is 11.8 Å². The summed E-state index contributed by atoms with van der Waals surface area (Å²) >= 11 is 0. The van der Waals surface area contributed by atoms with Crippen LogP contribution in [0.15, 0.2) is 0 Å². The maximum atomic E-state index is 12.1. The molecule has 96 valence electrons. The molecule has 0 radical (unpaired) electrons. The Kier molecular flexibility index (Phi) is 3.25. The van der Waals surface area contributed by atoms with Crippen LogP contribution in [-0.2, 0) is 20.4 Å². The number of hydrogen-bond acceptors (Lipinski definition) is 3. The topological polar surface area (TPSA) is 74.7 Å². The molecule has 1 saturated heterocycles. The zero-order chi connectivity index (χ0) is 12.7. The van der Waals surface area contributed by atoms with Crippen molar-refractivity contribution in [3.05, 3.63) is 0 Å². The lowest BCUT2D eigenvalue weighted by Gasteiger charge is -2.37. The van der Waals surface area contributed by atoms with Crippen LogP contribution in [0.25, 0.3) is 0 Å². The van der Waals surface area contributed by atoms with E-state index in [4.69, 9.17) is 5.11 Å². The van der Waals surface area contributed by atoms with E-state index in [9.17, 15) is 13.8 Å². The molecule has 5 atom stereocenters. The average Bonchev–Trinajstić information content (AvgIpc) is 3.05. The van der Waals surface area contributed by atoms with E-state index in [1.807, 2.05) is 13.8 Å². The van der Waals surface area contributed by atoms with Crippen molar-refractivity contribution < 1.29 is 18.9 Å². The molecule has 1 heterocycles. The first-order chi connectivity index (χ1) is 7.93. The monoisotopic (exact) mass is 259 g/mol. The molecule has 1 saturated carbocycles. The van der Waals surface area contributed by atoms with Crippen LogP contribution in [0.5, 0.6) is 0 Å². The molecular weight excluding hydrogens is 242 g/mol. The second kappa shape index (κ2) is 4.40. The average molecular weight is 259 g/mol. The van der Waals surface area contributed by atoms with Gasteiger partial charge in [-0.15, -0.1) is 0 Å². The molecule has 0 aromatic heterocycles. The number of carbonyl (C=O) groups is 2. The van der Waals surface area contributed by atoms with Gasteiger partial charge in [-0.1, -0.05) is 0 Å². The van der Waals surface area contributed by atoms with Crippen LogP contribution < -0.4 is 0 Å². The molecule has 1 aliphatic heterocycles. The van der Waals surface area contributed by atoms with Gasteiger partial charge in [0.05, 0.1) is 17.1 Å². The lowest BCUT2D eigenvalue weighted by molar-refractivity contribution is -0.142. The Balaban J connectivity index is 2.01. The number of carboxylic acid groups (broad SMARTS) is 1. The smallest absolute Gasteiger partial charge is 0.307 e. The minimum Gasteiger partial charge on any atom is -0.481 e. The number of amides is 1. The predicted molar refractivity (Wildman–Crippen MR) is 62.9 cm³/mol. The van der Waals surface area contributed by atoms with Crippen molar-refractivity contribution in [3.63, 3.8) is 0 Å². The highest BCUT2D eigenvalue weighted by Crippen LogP contribution is 2.41. The summed E-state index contributed by atoms with van der Waals surface area (Å²) in [5.41, 5.74) is 0. The molecule has 2 rings (SSSR count). The lowest BCUT2D eigenvalue weighted by Crippen LogP contribution is -2.53. The highest BCUT2D eigenvalue weighted by molar-refractivity contribution is 7.85. The van der Waals surface area contributed by atoms with Crippen molar-refractivity contribution in [1.82, 2.24) is 4.90 Å². The highest BCUT2D eigenvalue weighted by atomic mass is 32.2. The molecule has 1 aliphatic carbocycles. The molecule has 1 N–H and O–H groups in total. The Hall–Kier alpha value is -0.910. The van der Waals surface area contributed by atoms with Crippen molar-refractivity contribution >= 4 is 22.7 Å². The first-order valence-corrected chi connectivity index (χ1v) is 7.22. The van der Waals surface area contributed by atoms with Gasteiger partial charge in [0.25, 0.3) is 0 Å². The Bertz CT molecular complexity index is 384. The van der Waals surface area contributed by atoms with Gasteiger partial charge in [-0.25, -0.2) is 0 Å². The molecule has 17 heavy (non-hydrogen) atoms. The van der Waals surface area contributed by atoms with Gasteiger partial charge in [-0.05, 0) is 20.3 Å². The lowest BCUT2D eigenvalue weighted by atomic mass is 10.1. The maximum absolute atomic E-state index is 12.1. The Morgan fingerprint density at radius 3 is 2.47 bits per heavy atom. The third-order valence-corrected chi connectivity index (χ3v) is 5.64. The van der Waals surface area contributed by atoms with Crippen molar-refractivity contribution in [2.45, 2.75) is 31.6 Å². The van der Waals surface area contributed by atoms with Crippen LogP contribution in [-0.4, -0.2) is 49.7 Å². The summed E-state index contributed by atoms with van der Waals surface area (Å²) in [6.45, 7) is 4.25. The fourth-order valence-corrected chi connectivity index (χ4v) is 3.65. The summed E-state index contributed by atoms with van der Waals surface area (Å²) < 4.78 is 11.6. The number of carbonyl (C=O) groups excluding carboxylic acids is 1. The van der Waals surface area contributed by atoms with E-state index in [1.54, 1.807) is 4.90 Å². The van der Waals surface area contributed by atoms with Gasteiger partial charge >= 0.3 is 5.97 Å². The molecule has 2 fully saturated rings. The molecule has 0 bridgehead atoms. The maximum Gasteiger partial charge on any atom is 0.307 e. The summed E-state index contributed by atoms with van der Waals surface area (Å²) in [5.74, 6) is -1.31. The van der Waals surface area contributed by atoms with Crippen molar-refractivity contribution in [2.75, 3.05) is 12.3 Å². The third kappa shape index (κ3) is 2.22. The van der Waals surface area contributed by atoms with E-state index in [2.05, 4.69) is 0 Å². The SMILES string of the molecule is CC1C(C)S(=O)CCN1C(=O)C1CC1C(=O)O. The van der Waals surface area contributed by atoms with Crippen molar-refractivity contribution in [3.8, 4) is 0 Å². The van der Waals surface area contributed by atoms with Gasteiger partial charge in [-0.2, -0.15) is 0 Å². The summed E-state index contributed by atoms with van der Waals surface area (Å²) in [6.07, 6.45) is 0.453. The highest BCUT2D eigenvalue weighted by Gasteiger charge is 2.51. The van der Waals surface area contributed by atoms with Crippen LogP contribution in [0.1, 0.15) is 20.3 Å². The van der Waals surface area contributed by atoms with Crippen LogP contribution in [0.3, 0.4) is 0 Å². The number of nitrogens with zero attached hydrogens (tertiary/aromatic N) is 1. The van der Waals surface area contributed by atoms with E-state index < -0.39 is 22.7 Å². The normalized spacial score (nSPS) is 41.1. The number of hydrogen-bond donors (Lipinski definition) is 1. The fraction of sp³-hybridized carbons (Fsp3) is 0.818. The summed E-state index contributed by atoms with van der Waals surface area (Å²) in [5, 5.41) is 8.78. The molecule has 0 aromatic rings. The standard InChI is InChI=1S/C11H17NO4S/c1-6-7(2)17(16)4-3-12(6)10(13)8-5-9(8)11(14)15/h6-9H,3-5H2,1-2H3,(H,14,15). The van der Waals surface area contributed by atoms with Crippen molar-refractivity contribution in [1.29, 1.82) is 0 Å².